The van der Waals surface area contributed by atoms with Crippen molar-refractivity contribution in [2.45, 2.75) is 5.41 Å². The van der Waals surface area contributed by atoms with Crippen molar-refractivity contribution in [1.29, 1.82) is 0 Å². The average Bonchev–Trinajstić information content (AvgIpc) is 2.58. The first kappa shape index (κ1) is 16.7. The first-order valence-corrected chi connectivity index (χ1v) is 8.05. The van der Waals surface area contributed by atoms with Gasteiger partial charge in [0.25, 0.3) is 0 Å². The van der Waals surface area contributed by atoms with Crippen molar-refractivity contribution in [2.24, 2.45) is 0 Å². The average molecular weight is 408 g/mol. The van der Waals surface area contributed by atoms with E-state index in [0.29, 0.717) is 11.1 Å². The number of hydrogen-bond donors (Lipinski definition) is 1. The van der Waals surface area contributed by atoms with E-state index in [-0.39, 0.29) is 6.61 Å². The Bertz CT molecular complexity index is 650. The largest absolute Gasteiger partial charge is 0.468 e. The summed E-state index contributed by atoms with van der Waals surface area (Å²) in [6, 6.07) is 16.8. The van der Waals surface area contributed by atoms with Gasteiger partial charge in [0, 0.05) is 0 Å². The van der Waals surface area contributed by atoms with E-state index >= 15 is 0 Å². The SMILES string of the molecule is COC(=O)C(CO)(c1ccccc1)c1ccc(C=CI)cc1. The molecule has 1 N–H and O–H groups in total. The van der Waals surface area contributed by atoms with Crippen LogP contribution < -0.4 is 0 Å². The van der Waals surface area contributed by atoms with E-state index in [1.165, 1.54) is 7.11 Å². The van der Waals surface area contributed by atoms with Crippen molar-refractivity contribution in [3.8, 4) is 0 Å². The lowest BCUT2D eigenvalue weighted by Crippen LogP contribution is -2.41. The second-order valence-electron chi connectivity index (χ2n) is 4.84. The van der Waals surface area contributed by atoms with Gasteiger partial charge in [0.2, 0.25) is 0 Å². The fourth-order valence-electron chi connectivity index (χ4n) is 2.50. The first-order chi connectivity index (χ1) is 10.7. The molecule has 114 valence electrons. The van der Waals surface area contributed by atoms with Crippen LogP contribution in [0.15, 0.2) is 58.7 Å². The van der Waals surface area contributed by atoms with Gasteiger partial charge in [-0.3, -0.25) is 4.79 Å². The predicted molar refractivity (Wildman–Crippen MR) is 95.8 cm³/mol. The fourth-order valence-corrected chi connectivity index (χ4v) is 2.91. The van der Waals surface area contributed by atoms with Gasteiger partial charge >= 0.3 is 5.97 Å². The molecule has 1 unspecified atom stereocenters. The van der Waals surface area contributed by atoms with Crippen molar-refractivity contribution in [2.75, 3.05) is 13.7 Å². The number of carbonyl (C=O) groups excluding carboxylic acids is 1. The molecule has 2 aromatic carbocycles. The fraction of sp³-hybridized carbons (Fsp3) is 0.167. The lowest BCUT2D eigenvalue weighted by molar-refractivity contribution is -0.147. The van der Waals surface area contributed by atoms with Gasteiger partial charge in [-0.1, -0.05) is 77.2 Å². The minimum absolute atomic E-state index is 0.356. The Morgan fingerprint density at radius 2 is 1.73 bits per heavy atom. The molecule has 3 nitrogen and oxygen atoms in total. The summed E-state index contributed by atoms with van der Waals surface area (Å²) in [6.07, 6.45) is 1.96. The quantitative estimate of drug-likeness (QED) is 0.608. The molecule has 0 fully saturated rings. The van der Waals surface area contributed by atoms with Crippen LogP contribution >= 0.6 is 22.6 Å². The maximum absolute atomic E-state index is 12.5. The molecule has 0 saturated heterocycles. The minimum atomic E-state index is -1.21. The molecule has 2 aromatic rings. The number of hydrogen-bond acceptors (Lipinski definition) is 3. The molecule has 22 heavy (non-hydrogen) atoms. The van der Waals surface area contributed by atoms with Crippen molar-refractivity contribution in [1.82, 2.24) is 0 Å². The zero-order chi connectivity index (χ0) is 16.0. The van der Waals surface area contributed by atoms with Gasteiger partial charge in [-0.15, -0.1) is 0 Å². The molecule has 1 atom stereocenters. The normalized spacial score (nSPS) is 13.8. The molecule has 0 spiro atoms. The number of aliphatic hydroxyl groups is 1. The number of aliphatic hydroxyl groups excluding tert-OH is 1. The van der Waals surface area contributed by atoms with E-state index in [0.717, 1.165) is 5.56 Å². The summed E-state index contributed by atoms with van der Waals surface area (Å²) in [7, 11) is 1.34. The molecule has 2 rings (SSSR count). The summed E-state index contributed by atoms with van der Waals surface area (Å²) in [6.45, 7) is -0.356. The number of carbonyl (C=O) groups is 1. The molecular weight excluding hydrogens is 391 g/mol. The van der Waals surface area contributed by atoms with Crippen LogP contribution in [-0.4, -0.2) is 24.8 Å². The number of ether oxygens (including phenoxy) is 1. The highest BCUT2D eigenvalue weighted by Gasteiger charge is 2.42. The summed E-state index contributed by atoms with van der Waals surface area (Å²) in [5.74, 6) is -0.474. The third-order valence-electron chi connectivity index (χ3n) is 3.70. The van der Waals surface area contributed by atoms with Crippen LogP contribution in [-0.2, 0) is 14.9 Å². The first-order valence-electron chi connectivity index (χ1n) is 6.81. The number of benzene rings is 2. The molecule has 0 heterocycles. The molecule has 0 aliphatic heterocycles. The maximum Gasteiger partial charge on any atom is 0.323 e. The van der Waals surface area contributed by atoms with Crippen LogP contribution in [0.4, 0.5) is 0 Å². The molecular formula is C18H17IO3. The standard InChI is InChI=1S/C18H17IO3/c1-22-17(21)18(13-20,15-5-3-2-4-6-15)16-9-7-14(8-10-16)11-12-19/h2-12,20H,13H2,1H3. The van der Waals surface area contributed by atoms with Gasteiger partial charge in [-0.2, -0.15) is 0 Å². The molecule has 0 aliphatic rings. The smallest absolute Gasteiger partial charge is 0.323 e. The second-order valence-corrected chi connectivity index (χ2v) is 5.55. The Balaban J connectivity index is 2.60. The van der Waals surface area contributed by atoms with E-state index < -0.39 is 11.4 Å². The van der Waals surface area contributed by atoms with Crippen molar-refractivity contribution in [3.63, 3.8) is 0 Å². The van der Waals surface area contributed by atoms with Gasteiger partial charge < -0.3 is 9.84 Å². The van der Waals surface area contributed by atoms with Crippen molar-refractivity contribution in [3.05, 3.63) is 75.4 Å². The van der Waals surface area contributed by atoms with Gasteiger partial charge in [0.1, 0.15) is 5.41 Å². The monoisotopic (exact) mass is 408 g/mol. The Morgan fingerprint density at radius 1 is 1.14 bits per heavy atom. The number of methoxy groups -OCH3 is 1. The summed E-state index contributed by atoms with van der Waals surface area (Å²) < 4.78 is 6.90. The second kappa shape index (κ2) is 7.56. The molecule has 0 aliphatic carbocycles. The number of esters is 1. The van der Waals surface area contributed by atoms with Crippen LogP contribution in [0.25, 0.3) is 6.08 Å². The van der Waals surface area contributed by atoms with Gasteiger partial charge in [0.05, 0.1) is 13.7 Å². The Hall–Kier alpha value is -1.66. The summed E-state index contributed by atoms with van der Waals surface area (Å²) in [4.78, 5) is 12.5. The van der Waals surface area contributed by atoms with Crippen LogP contribution in [0.5, 0.6) is 0 Å². The van der Waals surface area contributed by atoms with E-state index in [2.05, 4.69) is 22.6 Å². The van der Waals surface area contributed by atoms with E-state index in [9.17, 15) is 9.90 Å². The highest BCUT2D eigenvalue weighted by atomic mass is 127. The van der Waals surface area contributed by atoms with Crippen molar-refractivity contribution < 1.29 is 14.6 Å². The molecule has 0 radical (unpaired) electrons. The topological polar surface area (TPSA) is 46.5 Å². The summed E-state index contributed by atoms with van der Waals surface area (Å²) in [5, 5.41) is 10.0. The van der Waals surface area contributed by atoms with E-state index in [1.54, 1.807) is 0 Å². The van der Waals surface area contributed by atoms with Crippen LogP contribution in [0.1, 0.15) is 16.7 Å². The molecule has 0 bridgehead atoms. The minimum Gasteiger partial charge on any atom is -0.468 e. The highest BCUT2D eigenvalue weighted by molar-refractivity contribution is 14.1. The lowest BCUT2D eigenvalue weighted by Gasteiger charge is -2.30. The van der Waals surface area contributed by atoms with E-state index in [1.807, 2.05) is 64.8 Å². The molecule has 0 saturated carbocycles. The van der Waals surface area contributed by atoms with E-state index in [4.69, 9.17) is 4.74 Å². The third kappa shape index (κ3) is 3.08. The van der Waals surface area contributed by atoms with Crippen LogP contribution in [0.3, 0.4) is 0 Å². The zero-order valence-electron chi connectivity index (χ0n) is 12.2. The molecule has 4 heteroatoms. The summed E-state index contributed by atoms with van der Waals surface area (Å²) in [5.41, 5.74) is 1.24. The Labute approximate surface area is 143 Å². The zero-order valence-corrected chi connectivity index (χ0v) is 14.4. The number of halogens is 1. The van der Waals surface area contributed by atoms with Gasteiger partial charge in [-0.25, -0.2) is 0 Å². The molecule has 0 aromatic heterocycles. The Morgan fingerprint density at radius 3 is 2.23 bits per heavy atom. The predicted octanol–water partition coefficient (Wildman–Crippen LogP) is 3.54. The number of rotatable bonds is 5. The van der Waals surface area contributed by atoms with Crippen molar-refractivity contribution >= 4 is 34.6 Å². The lowest BCUT2D eigenvalue weighted by atomic mass is 9.75. The van der Waals surface area contributed by atoms with Gasteiger partial charge in [-0.05, 0) is 26.8 Å². The van der Waals surface area contributed by atoms with Crippen LogP contribution in [0.2, 0.25) is 0 Å². The molecule has 0 amide bonds. The third-order valence-corrected chi connectivity index (χ3v) is 4.06. The maximum atomic E-state index is 12.5. The Kier molecular flexibility index (Phi) is 5.74. The van der Waals surface area contributed by atoms with Crippen LogP contribution in [0, 0.1) is 0 Å². The summed E-state index contributed by atoms with van der Waals surface area (Å²) >= 11 is 2.15. The highest BCUT2D eigenvalue weighted by Crippen LogP contribution is 2.33. The van der Waals surface area contributed by atoms with Gasteiger partial charge in [0.15, 0.2) is 0 Å².